The van der Waals surface area contributed by atoms with E-state index in [2.05, 4.69) is 22.1 Å². The van der Waals surface area contributed by atoms with Crippen LogP contribution >= 0.6 is 0 Å². The Kier molecular flexibility index (Phi) is 7.58. The molecular weight excluding hydrogens is 269 g/mol. The van der Waals surface area contributed by atoms with E-state index in [1.807, 2.05) is 20.0 Å². The van der Waals surface area contributed by atoms with Crippen molar-refractivity contribution >= 4 is 5.96 Å². The van der Waals surface area contributed by atoms with Crippen molar-refractivity contribution in [2.75, 3.05) is 27.2 Å². The second-order valence-electron chi connectivity index (χ2n) is 4.87. The van der Waals surface area contributed by atoms with Crippen LogP contribution in [0.15, 0.2) is 23.2 Å². The molecule has 0 radical (unpaired) electrons. The first-order valence-electron chi connectivity index (χ1n) is 7.45. The molecule has 0 aliphatic heterocycles. The Bertz CT molecular complexity index is 463. The van der Waals surface area contributed by atoms with E-state index in [-0.39, 0.29) is 5.82 Å². The maximum Gasteiger partial charge on any atom is 0.193 e. The van der Waals surface area contributed by atoms with Crippen LogP contribution in [-0.4, -0.2) is 38.1 Å². The number of unbranched alkanes of at least 4 members (excludes halogenated alkanes) is 1. The molecule has 1 N–H and O–H groups in total. The Morgan fingerprint density at radius 1 is 1.38 bits per heavy atom. The topological polar surface area (TPSA) is 36.9 Å². The van der Waals surface area contributed by atoms with Crippen LogP contribution in [0.4, 0.5) is 4.39 Å². The van der Waals surface area contributed by atoms with E-state index in [0.29, 0.717) is 18.9 Å². The molecule has 0 saturated heterocycles. The molecule has 118 valence electrons. The first-order valence-corrected chi connectivity index (χ1v) is 7.45. The Balaban J connectivity index is 2.59. The summed E-state index contributed by atoms with van der Waals surface area (Å²) in [6.45, 7) is 5.95. The van der Waals surface area contributed by atoms with Gasteiger partial charge in [-0.25, -0.2) is 4.39 Å². The molecule has 1 aromatic carbocycles. The van der Waals surface area contributed by atoms with Crippen molar-refractivity contribution in [3.05, 3.63) is 29.6 Å². The van der Waals surface area contributed by atoms with Gasteiger partial charge >= 0.3 is 0 Å². The van der Waals surface area contributed by atoms with Crippen LogP contribution in [0, 0.1) is 5.82 Å². The molecule has 0 unspecified atom stereocenters. The van der Waals surface area contributed by atoms with Crippen LogP contribution in [0.25, 0.3) is 0 Å². The molecule has 1 rings (SSSR count). The highest BCUT2D eigenvalue weighted by Gasteiger charge is 2.07. The third kappa shape index (κ3) is 5.61. The van der Waals surface area contributed by atoms with E-state index in [0.717, 1.165) is 30.9 Å². The summed E-state index contributed by atoms with van der Waals surface area (Å²) in [7, 11) is 3.76. The van der Waals surface area contributed by atoms with Crippen molar-refractivity contribution in [2.45, 2.75) is 33.2 Å². The van der Waals surface area contributed by atoms with Gasteiger partial charge in [-0.1, -0.05) is 19.4 Å². The summed E-state index contributed by atoms with van der Waals surface area (Å²) in [5, 5.41) is 3.24. The Hall–Kier alpha value is -1.78. The molecule has 0 aromatic heterocycles. The summed E-state index contributed by atoms with van der Waals surface area (Å²) >= 11 is 0. The van der Waals surface area contributed by atoms with E-state index >= 15 is 0 Å². The van der Waals surface area contributed by atoms with Crippen molar-refractivity contribution in [3.8, 4) is 5.75 Å². The van der Waals surface area contributed by atoms with Crippen molar-refractivity contribution < 1.29 is 9.13 Å². The average Bonchev–Trinajstić information content (AvgIpc) is 2.48. The molecule has 1 aromatic rings. The molecule has 0 spiro atoms. The molecule has 0 fully saturated rings. The fraction of sp³-hybridized carbons (Fsp3) is 0.562. The van der Waals surface area contributed by atoms with Crippen LogP contribution < -0.4 is 10.1 Å². The quantitative estimate of drug-likeness (QED) is 0.620. The summed E-state index contributed by atoms with van der Waals surface area (Å²) in [4.78, 5) is 6.32. The zero-order chi connectivity index (χ0) is 15.7. The van der Waals surface area contributed by atoms with Crippen LogP contribution in [0.5, 0.6) is 5.75 Å². The lowest BCUT2D eigenvalue weighted by atomic mass is 10.2. The SMILES string of the molecule is CCCCN(C)C(=NC)NCc1ccc(OCC)c(F)c1. The number of rotatable bonds is 7. The number of hydrogen-bond donors (Lipinski definition) is 1. The minimum atomic E-state index is -0.328. The van der Waals surface area contributed by atoms with Gasteiger partial charge in [0.25, 0.3) is 0 Å². The first-order chi connectivity index (χ1) is 10.1. The number of guanidine groups is 1. The fourth-order valence-corrected chi connectivity index (χ4v) is 1.99. The highest BCUT2D eigenvalue weighted by Crippen LogP contribution is 2.18. The van der Waals surface area contributed by atoms with Crippen molar-refractivity contribution in [3.63, 3.8) is 0 Å². The zero-order valence-corrected chi connectivity index (χ0v) is 13.4. The molecule has 0 amide bonds. The average molecular weight is 295 g/mol. The van der Waals surface area contributed by atoms with Gasteiger partial charge in [-0.3, -0.25) is 4.99 Å². The van der Waals surface area contributed by atoms with Gasteiger partial charge in [0.15, 0.2) is 17.5 Å². The number of nitrogens with zero attached hydrogens (tertiary/aromatic N) is 2. The van der Waals surface area contributed by atoms with Gasteiger partial charge in [0.1, 0.15) is 0 Å². The predicted molar refractivity (Wildman–Crippen MR) is 85.3 cm³/mol. The molecular formula is C16H26FN3O. The van der Waals surface area contributed by atoms with Gasteiger partial charge in [0.05, 0.1) is 6.61 Å². The molecule has 0 bridgehead atoms. The summed E-state index contributed by atoms with van der Waals surface area (Å²) in [5.74, 6) is 0.786. The largest absolute Gasteiger partial charge is 0.491 e. The van der Waals surface area contributed by atoms with E-state index in [9.17, 15) is 4.39 Å². The minimum absolute atomic E-state index is 0.297. The first kappa shape index (κ1) is 17.3. The second-order valence-corrected chi connectivity index (χ2v) is 4.87. The number of halogens is 1. The maximum absolute atomic E-state index is 13.8. The summed E-state index contributed by atoms with van der Waals surface area (Å²) in [5.41, 5.74) is 0.862. The van der Waals surface area contributed by atoms with Gasteiger partial charge in [0.2, 0.25) is 0 Å². The van der Waals surface area contributed by atoms with Gasteiger partial charge in [0, 0.05) is 27.2 Å². The van der Waals surface area contributed by atoms with Crippen molar-refractivity contribution in [1.29, 1.82) is 0 Å². The Morgan fingerprint density at radius 3 is 2.71 bits per heavy atom. The number of benzene rings is 1. The molecule has 0 atom stereocenters. The number of ether oxygens (including phenoxy) is 1. The molecule has 5 heteroatoms. The highest BCUT2D eigenvalue weighted by molar-refractivity contribution is 5.79. The van der Waals surface area contributed by atoms with E-state index in [1.54, 1.807) is 13.1 Å². The monoisotopic (exact) mass is 295 g/mol. The molecule has 0 aliphatic rings. The van der Waals surface area contributed by atoms with Crippen LogP contribution in [0.2, 0.25) is 0 Å². The van der Waals surface area contributed by atoms with Gasteiger partial charge in [-0.15, -0.1) is 0 Å². The summed E-state index contributed by atoms with van der Waals surface area (Å²) in [6.07, 6.45) is 2.26. The molecule has 0 aliphatic carbocycles. The lowest BCUT2D eigenvalue weighted by Gasteiger charge is -2.22. The molecule has 0 heterocycles. The number of aliphatic imine (C=N–C) groups is 1. The van der Waals surface area contributed by atoms with Crippen molar-refractivity contribution in [1.82, 2.24) is 10.2 Å². The lowest BCUT2D eigenvalue weighted by Crippen LogP contribution is -2.38. The van der Waals surface area contributed by atoms with Crippen LogP contribution in [0.1, 0.15) is 32.3 Å². The van der Waals surface area contributed by atoms with Gasteiger partial charge in [-0.05, 0) is 31.0 Å². The molecule has 0 saturated carbocycles. The smallest absolute Gasteiger partial charge is 0.193 e. The lowest BCUT2D eigenvalue weighted by molar-refractivity contribution is 0.321. The zero-order valence-electron chi connectivity index (χ0n) is 13.4. The Labute approximate surface area is 127 Å². The fourth-order valence-electron chi connectivity index (χ4n) is 1.99. The van der Waals surface area contributed by atoms with Crippen LogP contribution in [0.3, 0.4) is 0 Å². The number of nitrogens with one attached hydrogen (secondary N) is 1. The minimum Gasteiger partial charge on any atom is -0.491 e. The van der Waals surface area contributed by atoms with Gasteiger partial charge < -0.3 is 15.0 Å². The summed E-state index contributed by atoms with van der Waals surface area (Å²) < 4.78 is 19.0. The normalized spacial score (nSPS) is 11.4. The van der Waals surface area contributed by atoms with E-state index in [4.69, 9.17) is 4.74 Å². The highest BCUT2D eigenvalue weighted by atomic mass is 19.1. The van der Waals surface area contributed by atoms with Gasteiger partial charge in [-0.2, -0.15) is 0 Å². The Morgan fingerprint density at radius 2 is 2.14 bits per heavy atom. The molecule has 21 heavy (non-hydrogen) atoms. The number of hydrogen-bond acceptors (Lipinski definition) is 2. The third-order valence-electron chi connectivity index (χ3n) is 3.17. The van der Waals surface area contributed by atoms with E-state index < -0.39 is 0 Å². The maximum atomic E-state index is 13.8. The van der Waals surface area contributed by atoms with E-state index in [1.165, 1.54) is 6.07 Å². The second kappa shape index (κ2) is 9.21. The predicted octanol–water partition coefficient (Wildman–Crippen LogP) is 3.03. The third-order valence-corrected chi connectivity index (χ3v) is 3.17. The van der Waals surface area contributed by atoms with Crippen LogP contribution in [-0.2, 0) is 6.54 Å². The summed E-state index contributed by atoms with van der Waals surface area (Å²) in [6, 6.07) is 5.02. The standard InChI is InChI=1S/C16H26FN3O/c1-5-7-10-20(4)16(18-3)19-12-13-8-9-15(21-6-2)14(17)11-13/h8-9,11H,5-7,10,12H2,1-4H3,(H,18,19). The molecule has 4 nitrogen and oxygen atoms in total. The van der Waals surface area contributed by atoms with Crippen molar-refractivity contribution in [2.24, 2.45) is 4.99 Å².